The molecule has 1 fully saturated rings. The summed E-state index contributed by atoms with van der Waals surface area (Å²) in [6.07, 6.45) is 2.08. The zero-order valence-corrected chi connectivity index (χ0v) is 19.7. The molecule has 0 aliphatic carbocycles. The lowest BCUT2D eigenvalue weighted by Gasteiger charge is -2.31. The van der Waals surface area contributed by atoms with Crippen molar-refractivity contribution >= 4 is 49.5 Å². The predicted molar refractivity (Wildman–Crippen MR) is 126 cm³/mol. The molecule has 0 unspecified atom stereocenters. The van der Waals surface area contributed by atoms with Gasteiger partial charge in [-0.25, -0.2) is 13.4 Å². The molecule has 1 saturated heterocycles. The summed E-state index contributed by atoms with van der Waals surface area (Å²) in [5, 5.41) is 3.12. The summed E-state index contributed by atoms with van der Waals surface area (Å²) >= 11 is 13.7. The number of benzene rings is 2. The fraction of sp³-hybridized carbons (Fsp3) is 0.318. The van der Waals surface area contributed by atoms with E-state index in [1.165, 1.54) is 17.7 Å². The van der Waals surface area contributed by atoms with E-state index in [1.807, 2.05) is 0 Å². The maximum atomic E-state index is 13.1. The van der Waals surface area contributed by atoms with Crippen LogP contribution in [-0.4, -0.2) is 31.7 Å². The van der Waals surface area contributed by atoms with E-state index < -0.39 is 15.1 Å². The smallest absolute Gasteiger partial charge is 0.185 e. The molecule has 0 amide bonds. The van der Waals surface area contributed by atoms with E-state index >= 15 is 0 Å². The highest BCUT2D eigenvalue weighted by molar-refractivity contribution is 7.92. The third-order valence-corrected chi connectivity index (χ3v) is 9.38. The number of sulfone groups is 1. The SMILES string of the molecule is CCc1ccc(-c2csc(N3CCC(S(=O)(=O)c4cc(Cl)ccc4Cl)CC3)n2)cc1. The van der Waals surface area contributed by atoms with Gasteiger partial charge in [0.05, 0.1) is 20.9 Å². The number of halogens is 2. The summed E-state index contributed by atoms with van der Waals surface area (Å²) in [5.41, 5.74) is 3.36. The van der Waals surface area contributed by atoms with Crippen molar-refractivity contribution in [3.8, 4) is 11.3 Å². The number of hydrogen-bond donors (Lipinski definition) is 0. The van der Waals surface area contributed by atoms with Gasteiger partial charge in [0.2, 0.25) is 0 Å². The number of rotatable bonds is 5. The molecule has 30 heavy (non-hydrogen) atoms. The van der Waals surface area contributed by atoms with Gasteiger partial charge in [-0.05, 0) is 43.0 Å². The molecular weight excluding hydrogens is 459 g/mol. The van der Waals surface area contributed by atoms with Gasteiger partial charge in [-0.1, -0.05) is 54.4 Å². The zero-order chi connectivity index (χ0) is 21.3. The van der Waals surface area contributed by atoms with E-state index in [2.05, 4.69) is 41.5 Å². The Morgan fingerprint density at radius 1 is 1.10 bits per heavy atom. The van der Waals surface area contributed by atoms with Gasteiger partial charge in [0.15, 0.2) is 15.0 Å². The van der Waals surface area contributed by atoms with Crippen molar-refractivity contribution in [1.82, 2.24) is 4.98 Å². The van der Waals surface area contributed by atoms with Gasteiger partial charge in [0.25, 0.3) is 0 Å². The van der Waals surface area contributed by atoms with E-state index in [9.17, 15) is 8.42 Å². The average molecular weight is 481 g/mol. The number of aryl methyl sites for hydroxylation is 1. The first kappa shape index (κ1) is 21.6. The van der Waals surface area contributed by atoms with Crippen LogP contribution in [0.25, 0.3) is 11.3 Å². The lowest BCUT2D eigenvalue weighted by molar-refractivity contribution is 0.529. The fourth-order valence-corrected chi connectivity index (χ4v) is 7.07. The van der Waals surface area contributed by atoms with Crippen LogP contribution < -0.4 is 4.90 Å². The lowest BCUT2D eigenvalue weighted by atomic mass is 10.1. The Hall–Kier alpha value is -1.60. The third kappa shape index (κ3) is 4.37. The second-order valence-corrected chi connectivity index (χ2v) is 11.2. The summed E-state index contributed by atoms with van der Waals surface area (Å²) in [6.45, 7) is 3.42. The van der Waals surface area contributed by atoms with Gasteiger partial charge in [-0.2, -0.15) is 0 Å². The van der Waals surface area contributed by atoms with Crippen molar-refractivity contribution in [2.75, 3.05) is 18.0 Å². The van der Waals surface area contributed by atoms with Crippen molar-refractivity contribution < 1.29 is 8.42 Å². The highest BCUT2D eigenvalue weighted by Gasteiger charge is 2.33. The molecule has 1 aliphatic heterocycles. The summed E-state index contributed by atoms with van der Waals surface area (Å²) in [4.78, 5) is 7.08. The molecule has 0 saturated carbocycles. The van der Waals surface area contributed by atoms with Crippen molar-refractivity contribution in [3.63, 3.8) is 0 Å². The summed E-state index contributed by atoms with van der Waals surface area (Å²) < 4.78 is 26.1. The molecular formula is C22H22Cl2N2O2S2. The van der Waals surface area contributed by atoms with Crippen LogP contribution in [0.2, 0.25) is 10.0 Å². The van der Waals surface area contributed by atoms with Gasteiger partial charge in [-0.3, -0.25) is 0 Å². The quantitative estimate of drug-likeness (QED) is 0.441. The van der Waals surface area contributed by atoms with E-state index in [1.54, 1.807) is 17.4 Å². The molecule has 158 valence electrons. The second-order valence-electron chi connectivity index (χ2n) is 7.37. The Balaban J connectivity index is 1.46. The van der Waals surface area contributed by atoms with Crippen molar-refractivity contribution in [3.05, 3.63) is 63.5 Å². The Labute approximate surface area is 191 Å². The van der Waals surface area contributed by atoms with E-state index in [4.69, 9.17) is 28.2 Å². The molecule has 4 nitrogen and oxygen atoms in total. The lowest BCUT2D eigenvalue weighted by Crippen LogP contribution is -2.39. The molecule has 3 aromatic rings. The minimum atomic E-state index is -3.53. The molecule has 1 aromatic heterocycles. The molecule has 0 spiro atoms. The van der Waals surface area contributed by atoms with Crippen molar-refractivity contribution in [1.29, 1.82) is 0 Å². The summed E-state index contributed by atoms with van der Waals surface area (Å²) in [7, 11) is -3.53. The van der Waals surface area contributed by atoms with Crippen LogP contribution in [0, 0.1) is 0 Å². The van der Waals surface area contributed by atoms with Crippen LogP contribution in [0.1, 0.15) is 25.3 Å². The Kier molecular flexibility index (Phi) is 6.39. The predicted octanol–water partition coefficient (Wildman–Crippen LogP) is 6.12. The minimum Gasteiger partial charge on any atom is -0.348 e. The average Bonchev–Trinajstić information content (AvgIpc) is 3.26. The van der Waals surface area contributed by atoms with Gasteiger partial charge >= 0.3 is 0 Å². The maximum Gasteiger partial charge on any atom is 0.185 e. The molecule has 2 aromatic carbocycles. The van der Waals surface area contributed by atoms with Crippen LogP contribution >= 0.6 is 34.5 Å². The van der Waals surface area contributed by atoms with E-state index in [-0.39, 0.29) is 9.92 Å². The van der Waals surface area contributed by atoms with Crippen LogP contribution in [0.3, 0.4) is 0 Å². The molecule has 1 aliphatic rings. The molecule has 0 N–H and O–H groups in total. The molecule has 8 heteroatoms. The third-order valence-electron chi connectivity index (χ3n) is 5.50. The standard InChI is InChI=1S/C22H22Cl2N2O2S2/c1-2-15-3-5-16(6-4-15)20-14-29-22(25-20)26-11-9-18(10-12-26)30(27,28)21-13-17(23)7-8-19(21)24/h3-8,13-14,18H,2,9-12H2,1H3. The van der Waals surface area contributed by atoms with E-state index in [0.29, 0.717) is 31.0 Å². The first-order chi connectivity index (χ1) is 14.4. The number of piperidine rings is 1. The first-order valence-corrected chi connectivity index (χ1v) is 13.1. The van der Waals surface area contributed by atoms with Gasteiger partial charge in [-0.15, -0.1) is 11.3 Å². The van der Waals surface area contributed by atoms with Crippen LogP contribution in [0.4, 0.5) is 5.13 Å². The van der Waals surface area contributed by atoms with E-state index in [0.717, 1.165) is 22.8 Å². The Morgan fingerprint density at radius 2 is 1.80 bits per heavy atom. The monoisotopic (exact) mass is 480 g/mol. The molecule has 4 rings (SSSR count). The molecule has 0 bridgehead atoms. The van der Waals surface area contributed by atoms with Gasteiger partial charge < -0.3 is 4.90 Å². The normalized spacial score (nSPS) is 15.5. The number of anilines is 1. The highest BCUT2D eigenvalue weighted by atomic mass is 35.5. The number of thiazole rings is 1. The second kappa shape index (κ2) is 8.87. The van der Waals surface area contributed by atoms with Gasteiger partial charge in [0, 0.05) is 29.1 Å². The summed E-state index contributed by atoms with van der Waals surface area (Å²) in [6, 6.07) is 13.0. The maximum absolute atomic E-state index is 13.1. The van der Waals surface area contributed by atoms with Crippen LogP contribution in [-0.2, 0) is 16.3 Å². The topological polar surface area (TPSA) is 50.3 Å². The number of nitrogens with zero attached hydrogens (tertiary/aromatic N) is 2. The van der Waals surface area contributed by atoms with Gasteiger partial charge in [0.1, 0.15) is 0 Å². The minimum absolute atomic E-state index is 0.127. The molecule has 0 atom stereocenters. The number of hydrogen-bond acceptors (Lipinski definition) is 5. The van der Waals surface area contributed by atoms with Crippen molar-refractivity contribution in [2.45, 2.75) is 36.3 Å². The van der Waals surface area contributed by atoms with Crippen LogP contribution in [0.5, 0.6) is 0 Å². The van der Waals surface area contributed by atoms with Crippen LogP contribution in [0.15, 0.2) is 52.7 Å². The fourth-order valence-electron chi connectivity index (χ4n) is 3.69. The summed E-state index contributed by atoms with van der Waals surface area (Å²) in [5.74, 6) is 0. The molecule has 2 heterocycles. The highest BCUT2D eigenvalue weighted by Crippen LogP contribution is 2.34. The van der Waals surface area contributed by atoms with Crippen molar-refractivity contribution in [2.24, 2.45) is 0 Å². The number of aromatic nitrogens is 1. The zero-order valence-electron chi connectivity index (χ0n) is 16.5. The first-order valence-electron chi connectivity index (χ1n) is 9.87. The molecule has 0 radical (unpaired) electrons. The Bertz CT molecular complexity index is 1140. The Morgan fingerprint density at radius 3 is 2.47 bits per heavy atom. The largest absolute Gasteiger partial charge is 0.348 e.